The number of rotatable bonds is 5. The molecule has 0 bridgehead atoms. The fourth-order valence-corrected chi connectivity index (χ4v) is 1.82. The molecular formula is C13H11F3N2O3. The van der Waals surface area contributed by atoms with Gasteiger partial charge in [0.05, 0.1) is 11.2 Å². The van der Waals surface area contributed by atoms with Crippen molar-refractivity contribution in [1.82, 2.24) is 0 Å². The molecule has 2 rings (SSSR count). The summed E-state index contributed by atoms with van der Waals surface area (Å²) < 4.78 is 43.5. The molecule has 2 aromatic rings. The second-order valence-electron chi connectivity index (χ2n) is 4.24. The lowest BCUT2D eigenvalue weighted by Crippen LogP contribution is -2.11. The maximum atomic E-state index is 12.8. The fourth-order valence-electron chi connectivity index (χ4n) is 1.82. The fraction of sp³-hybridized carbons (Fsp3) is 0.231. The van der Waals surface area contributed by atoms with Gasteiger partial charge in [-0.3, -0.25) is 10.1 Å². The van der Waals surface area contributed by atoms with Crippen LogP contribution in [0.4, 0.5) is 24.5 Å². The van der Waals surface area contributed by atoms with Crippen LogP contribution in [0, 0.1) is 10.1 Å². The molecule has 0 unspecified atom stereocenters. The van der Waals surface area contributed by atoms with E-state index in [0.29, 0.717) is 18.7 Å². The smallest absolute Gasteiger partial charge is 0.423 e. The summed E-state index contributed by atoms with van der Waals surface area (Å²) in [5, 5.41) is 13.4. The number of nitro benzene ring substituents is 1. The van der Waals surface area contributed by atoms with Crippen LogP contribution in [0.3, 0.4) is 0 Å². The van der Waals surface area contributed by atoms with Crippen LogP contribution in [0.1, 0.15) is 11.3 Å². The first-order valence-corrected chi connectivity index (χ1v) is 6.00. The summed E-state index contributed by atoms with van der Waals surface area (Å²) in [5.41, 5.74) is -2.06. The van der Waals surface area contributed by atoms with Gasteiger partial charge in [-0.1, -0.05) is 0 Å². The minimum atomic E-state index is -4.78. The Kier molecular flexibility index (Phi) is 4.15. The van der Waals surface area contributed by atoms with E-state index in [1.165, 1.54) is 12.3 Å². The van der Waals surface area contributed by atoms with Crippen molar-refractivity contribution in [2.75, 3.05) is 11.9 Å². The molecule has 0 radical (unpaired) electrons. The van der Waals surface area contributed by atoms with E-state index < -0.39 is 22.4 Å². The molecule has 0 atom stereocenters. The quantitative estimate of drug-likeness (QED) is 0.672. The molecule has 0 saturated heterocycles. The van der Waals surface area contributed by atoms with E-state index in [1.54, 1.807) is 12.1 Å². The molecule has 0 spiro atoms. The summed E-state index contributed by atoms with van der Waals surface area (Å²) in [6.45, 7) is 0.350. The Hall–Kier alpha value is -2.51. The number of anilines is 1. The predicted octanol–water partition coefficient (Wildman–Crippen LogP) is 3.86. The van der Waals surface area contributed by atoms with Gasteiger partial charge in [0.2, 0.25) is 0 Å². The average molecular weight is 300 g/mol. The van der Waals surface area contributed by atoms with Crippen molar-refractivity contribution in [2.45, 2.75) is 12.6 Å². The normalized spacial score (nSPS) is 11.4. The zero-order valence-corrected chi connectivity index (χ0v) is 10.7. The first kappa shape index (κ1) is 14.9. The third-order valence-corrected chi connectivity index (χ3v) is 2.78. The van der Waals surface area contributed by atoms with Crippen molar-refractivity contribution in [3.63, 3.8) is 0 Å². The molecule has 0 fully saturated rings. The number of nitro groups is 1. The van der Waals surface area contributed by atoms with Crippen LogP contribution in [0.15, 0.2) is 41.0 Å². The first-order chi connectivity index (χ1) is 9.88. The van der Waals surface area contributed by atoms with Crippen LogP contribution in [0.25, 0.3) is 0 Å². The van der Waals surface area contributed by atoms with Crippen molar-refractivity contribution in [3.8, 4) is 0 Å². The highest BCUT2D eigenvalue weighted by Gasteiger charge is 2.38. The molecule has 1 heterocycles. The van der Waals surface area contributed by atoms with Gasteiger partial charge < -0.3 is 9.73 Å². The molecule has 0 aliphatic carbocycles. The maximum Gasteiger partial charge on any atom is 0.423 e. The molecule has 21 heavy (non-hydrogen) atoms. The Labute approximate surface area is 117 Å². The van der Waals surface area contributed by atoms with E-state index in [9.17, 15) is 23.3 Å². The van der Waals surface area contributed by atoms with Crippen LogP contribution in [0.5, 0.6) is 0 Å². The monoisotopic (exact) mass is 300 g/mol. The van der Waals surface area contributed by atoms with Gasteiger partial charge in [0, 0.05) is 24.7 Å². The number of hydrogen-bond donors (Lipinski definition) is 1. The van der Waals surface area contributed by atoms with Gasteiger partial charge in [-0.25, -0.2) is 0 Å². The van der Waals surface area contributed by atoms with Gasteiger partial charge in [-0.2, -0.15) is 13.2 Å². The van der Waals surface area contributed by atoms with E-state index in [2.05, 4.69) is 5.32 Å². The Morgan fingerprint density at radius 2 is 2.05 bits per heavy atom. The van der Waals surface area contributed by atoms with Crippen molar-refractivity contribution in [1.29, 1.82) is 0 Å². The third kappa shape index (κ3) is 3.74. The van der Waals surface area contributed by atoms with Crippen LogP contribution in [-0.4, -0.2) is 11.5 Å². The van der Waals surface area contributed by atoms with Gasteiger partial charge in [0.1, 0.15) is 11.3 Å². The van der Waals surface area contributed by atoms with Crippen molar-refractivity contribution in [3.05, 3.63) is 58.0 Å². The molecule has 5 nitrogen and oxygen atoms in total. The molecule has 1 aromatic heterocycles. The molecule has 0 amide bonds. The Morgan fingerprint density at radius 3 is 2.62 bits per heavy atom. The van der Waals surface area contributed by atoms with Crippen LogP contribution >= 0.6 is 0 Å². The number of hydrogen-bond acceptors (Lipinski definition) is 4. The highest BCUT2D eigenvalue weighted by Crippen LogP contribution is 2.37. The van der Waals surface area contributed by atoms with Gasteiger partial charge in [0.25, 0.3) is 5.69 Å². The lowest BCUT2D eigenvalue weighted by molar-refractivity contribution is -0.388. The Bertz CT molecular complexity index is 624. The zero-order chi connectivity index (χ0) is 15.5. The summed E-state index contributed by atoms with van der Waals surface area (Å²) in [6.07, 6.45) is -2.78. The minimum absolute atomic E-state index is 0.166. The zero-order valence-electron chi connectivity index (χ0n) is 10.7. The largest absolute Gasteiger partial charge is 0.469 e. The molecule has 0 aliphatic rings. The highest BCUT2D eigenvalue weighted by molar-refractivity contribution is 5.55. The Morgan fingerprint density at radius 1 is 1.29 bits per heavy atom. The molecule has 1 N–H and O–H groups in total. The molecule has 1 aromatic carbocycles. The van der Waals surface area contributed by atoms with Crippen molar-refractivity contribution in [2.24, 2.45) is 0 Å². The number of halogens is 3. The van der Waals surface area contributed by atoms with Crippen molar-refractivity contribution >= 4 is 11.4 Å². The van der Waals surface area contributed by atoms with E-state index in [-0.39, 0.29) is 5.69 Å². The predicted molar refractivity (Wildman–Crippen MR) is 69.0 cm³/mol. The van der Waals surface area contributed by atoms with E-state index in [0.717, 1.165) is 12.1 Å². The molecular weight excluding hydrogens is 289 g/mol. The SMILES string of the molecule is O=[N+]([O-])c1ccc(NCCc2ccco2)cc1C(F)(F)F. The van der Waals surface area contributed by atoms with Crippen LogP contribution in [-0.2, 0) is 12.6 Å². The number of furan rings is 1. The minimum Gasteiger partial charge on any atom is -0.469 e. The molecule has 8 heteroatoms. The Balaban J connectivity index is 2.12. The number of nitrogens with zero attached hydrogens (tertiary/aromatic N) is 1. The molecule has 0 saturated carbocycles. The van der Waals surface area contributed by atoms with Crippen molar-refractivity contribution < 1.29 is 22.5 Å². The standard InChI is InChI=1S/C13H11F3N2O3/c14-13(15,16)11-8-9(3-4-12(11)18(19)20)17-6-5-10-2-1-7-21-10/h1-4,7-8,17H,5-6H2. The van der Waals surface area contributed by atoms with Crippen LogP contribution < -0.4 is 5.32 Å². The summed E-state index contributed by atoms with van der Waals surface area (Å²) in [6, 6.07) is 6.29. The summed E-state index contributed by atoms with van der Waals surface area (Å²) >= 11 is 0. The van der Waals surface area contributed by atoms with E-state index >= 15 is 0 Å². The van der Waals surface area contributed by atoms with Gasteiger partial charge in [0.15, 0.2) is 0 Å². The average Bonchev–Trinajstić information content (AvgIpc) is 2.90. The summed E-state index contributed by atoms with van der Waals surface area (Å²) in [5.74, 6) is 0.695. The number of alkyl halides is 3. The first-order valence-electron chi connectivity index (χ1n) is 6.00. The highest BCUT2D eigenvalue weighted by atomic mass is 19.4. The van der Waals surface area contributed by atoms with Gasteiger partial charge >= 0.3 is 6.18 Å². The van der Waals surface area contributed by atoms with E-state index in [4.69, 9.17) is 4.42 Å². The molecule has 112 valence electrons. The topological polar surface area (TPSA) is 68.3 Å². The lowest BCUT2D eigenvalue weighted by Gasteiger charge is -2.11. The van der Waals surface area contributed by atoms with Crippen LogP contribution in [0.2, 0.25) is 0 Å². The lowest BCUT2D eigenvalue weighted by atomic mass is 10.1. The number of nitrogens with one attached hydrogen (secondary N) is 1. The van der Waals surface area contributed by atoms with Gasteiger partial charge in [-0.05, 0) is 24.3 Å². The van der Waals surface area contributed by atoms with Gasteiger partial charge in [-0.15, -0.1) is 0 Å². The maximum absolute atomic E-state index is 12.8. The summed E-state index contributed by atoms with van der Waals surface area (Å²) in [7, 11) is 0. The second kappa shape index (κ2) is 5.86. The third-order valence-electron chi connectivity index (χ3n) is 2.78. The number of benzene rings is 1. The molecule has 0 aliphatic heterocycles. The second-order valence-corrected chi connectivity index (χ2v) is 4.24. The van der Waals surface area contributed by atoms with E-state index in [1.807, 2.05) is 0 Å². The summed E-state index contributed by atoms with van der Waals surface area (Å²) in [4.78, 5) is 9.58.